The number of rotatable bonds is 6. The number of carbonyl (C=O) groups is 1. The third-order valence-corrected chi connectivity index (χ3v) is 6.48. The number of carbonyl (C=O) groups excluding carboxylic acids is 1. The van der Waals surface area contributed by atoms with Crippen molar-refractivity contribution in [2.24, 2.45) is 0 Å². The fraction of sp³-hybridized carbons (Fsp3) is 0.308. The fourth-order valence-electron chi connectivity index (χ4n) is 4.25. The van der Waals surface area contributed by atoms with Crippen LogP contribution < -0.4 is 4.90 Å². The Kier molecular flexibility index (Phi) is 6.89. The number of aryl methyl sites for hydroxylation is 1. The highest BCUT2D eigenvalue weighted by Gasteiger charge is 2.31. The van der Waals surface area contributed by atoms with Crippen molar-refractivity contribution in [3.8, 4) is 16.9 Å². The minimum absolute atomic E-state index is 0.160. The van der Waals surface area contributed by atoms with Crippen molar-refractivity contribution in [3.63, 3.8) is 0 Å². The number of likely N-dealkylation sites (N-methyl/N-ethyl adjacent to an activating group) is 1. The molecule has 1 aliphatic heterocycles. The number of alkyl halides is 3. The maximum absolute atomic E-state index is 13.0. The van der Waals surface area contributed by atoms with Crippen molar-refractivity contribution in [1.82, 2.24) is 34.8 Å². The van der Waals surface area contributed by atoms with E-state index in [0.717, 1.165) is 55.8 Å². The Morgan fingerprint density at radius 1 is 1.03 bits per heavy atom. The van der Waals surface area contributed by atoms with E-state index in [9.17, 15) is 18.0 Å². The Labute approximate surface area is 217 Å². The van der Waals surface area contributed by atoms with Crippen molar-refractivity contribution in [1.29, 1.82) is 0 Å². The predicted octanol–water partition coefficient (Wildman–Crippen LogP) is 3.62. The quantitative estimate of drug-likeness (QED) is 0.355. The first-order chi connectivity index (χ1) is 18.2. The van der Waals surface area contributed by atoms with Crippen molar-refractivity contribution in [2.75, 3.05) is 38.1 Å². The van der Waals surface area contributed by atoms with E-state index in [1.807, 2.05) is 12.3 Å². The molecule has 1 aliphatic rings. The number of aromatic nitrogens is 6. The highest BCUT2D eigenvalue weighted by molar-refractivity contribution is 5.95. The van der Waals surface area contributed by atoms with Gasteiger partial charge in [0.05, 0.1) is 35.0 Å². The van der Waals surface area contributed by atoms with Crippen LogP contribution in [0.1, 0.15) is 27.3 Å². The van der Waals surface area contributed by atoms with E-state index in [-0.39, 0.29) is 12.1 Å². The molecule has 9 nitrogen and oxygen atoms in total. The van der Waals surface area contributed by atoms with Gasteiger partial charge in [0.1, 0.15) is 11.4 Å². The average molecular weight is 523 g/mol. The lowest BCUT2D eigenvalue weighted by Gasteiger charge is -2.33. The summed E-state index contributed by atoms with van der Waals surface area (Å²) in [4.78, 5) is 29.8. The zero-order valence-electron chi connectivity index (χ0n) is 20.9. The normalized spacial score (nSPS) is 14.6. The summed E-state index contributed by atoms with van der Waals surface area (Å²) in [7, 11) is 2.11. The van der Waals surface area contributed by atoms with Crippen LogP contribution in [0.2, 0.25) is 0 Å². The standard InChI is InChI=1S/C26H25F3N8O/c1-17-24(9-18(13-32-17)10-25(38)22-12-20(3-4-31-22)26(27,28)29)37-16-23(33-34-37)19-11-21(15-30-14-19)36-7-5-35(2)6-8-36/h3-4,9,11-16H,5-8,10H2,1-2H3. The second-order valence-corrected chi connectivity index (χ2v) is 9.25. The molecule has 1 fully saturated rings. The molecule has 0 atom stereocenters. The number of anilines is 1. The van der Waals surface area contributed by atoms with Gasteiger partial charge in [-0.15, -0.1) is 5.10 Å². The molecule has 0 spiro atoms. The van der Waals surface area contributed by atoms with Crippen LogP contribution in [0.15, 0.2) is 55.2 Å². The molecule has 38 heavy (non-hydrogen) atoms. The largest absolute Gasteiger partial charge is 0.416 e. The number of piperazine rings is 1. The molecule has 5 rings (SSSR count). The van der Waals surface area contributed by atoms with Crippen LogP contribution in [0.25, 0.3) is 16.9 Å². The Bertz CT molecular complexity index is 1460. The minimum atomic E-state index is -4.55. The van der Waals surface area contributed by atoms with E-state index in [2.05, 4.69) is 42.1 Å². The number of Topliss-reactive ketones (excluding diaryl/α,β-unsaturated/α-hetero) is 1. The van der Waals surface area contributed by atoms with Crippen molar-refractivity contribution >= 4 is 11.5 Å². The molecular formula is C26H25F3N8O. The molecule has 5 heterocycles. The maximum Gasteiger partial charge on any atom is 0.416 e. The van der Waals surface area contributed by atoms with E-state index in [0.29, 0.717) is 22.6 Å². The summed E-state index contributed by atoms with van der Waals surface area (Å²) < 4.78 is 40.6. The van der Waals surface area contributed by atoms with Gasteiger partial charge in [-0.2, -0.15) is 13.2 Å². The van der Waals surface area contributed by atoms with Gasteiger partial charge in [0.2, 0.25) is 0 Å². The van der Waals surface area contributed by atoms with Crippen molar-refractivity contribution < 1.29 is 18.0 Å². The van der Waals surface area contributed by atoms with E-state index >= 15 is 0 Å². The van der Waals surface area contributed by atoms with Crippen LogP contribution in [-0.4, -0.2) is 73.9 Å². The van der Waals surface area contributed by atoms with E-state index in [1.165, 1.54) is 6.20 Å². The number of nitrogens with zero attached hydrogens (tertiary/aromatic N) is 8. The average Bonchev–Trinajstić information content (AvgIpc) is 3.40. The number of hydrogen-bond donors (Lipinski definition) is 0. The molecule has 0 aromatic carbocycles. The summed E-state index contributed by atoms with van der Waals surface area (Å²) in [5.74, 6) is -0.543. The Hall–Kier alpha value is -4.19. The van der Waals surface area contributed by atoms with Gasteiger partial charge in [0, 0.05) is 56.8 Å². The second-order valence-electron chi connectivity index (χ2n) is 9.25. The molecule has 4 aromatic rings. The highest BCUT2D eigenvalue weighted by Crippen LogP contribution is 2.29. The smallest absolute Gasteiger partial charge is 0.368 e. The molecule has 0 aliphatic carbocycles. The van der Waals surface area contributed by atoms with Gasteiger partial charge in [-0.1, -0.05) is 5.21 Å². The topological polar surface area (TPSA) is 92.9 Å². The summed E-state index contributed by atoms with van der Waals surface area (Å²) in [6.07, 6.45) is 3.12. The van der Waals surface area contributed by atoms with Crippen LogP contribution in [0, 0.1) is 6.92 Å². The van der Waals surface area contributed by atoms with Gasteiger partial charge in [-0.3, -0.25) is 19.7 Å². The van der Waals surface area contributed by atoms with Crippen molar-refractivity contribution in [3.05, 3.63) is 77.8 Å². The Morgan fingerprint density at radius 3 is 2.58 bits per heavy atom. The fourth-order valence-corrected chi connectivity index (χ4v) is 4.25. The van der Waals surface area contributed by atoms with Crippen LogP contribution in [0.3, 0.4) is 0 Å². The summed E-state index contributed by atoms with van der Waals surface area (Å²) in [5.41, 5.74) is 3.08. The molecule has 4 aromatic heterocycles. The SMILES string of the molecule is Cc1ncc(CC(=O)c2cc(C(F)(F)F)ccn2)cc1-n1cc(-c2cncc(N3CCN(C)CC3)c2)nn1. The lowest BCUT2D eigenvalue weighted by molar-refractivity contribution is -0.137. The van der Waals surface area contributed by atoms with Gasteiger partial charge in [-0.05, 0) is 43.8 Å². The summed E-state index contributed by atoms with van der Waals surface area (Å²) in [5, 5.41) is 8.56. The molecule has 0 radical (unpaired) electrons. The second kappa shape index (κ2) is 10.3. The third kappa shape index (κ3) is 5.54. The van der Waals surface area contributed by atoms with E-state index in [4.69, 9.17) is 0 Å². The summed E-state index contributed by atoms with van der Waals surface area (Å²) >= 11 is 0. The molecule has 1 saturated heterocycles. The van der Waals surface area contributed by atoms with Gasteiger partial charge in [0.15, 0.2) is 5.78 Å². The lowest BCUT2D eigenvalue weighted by atomic mass is 10.1. The Balaban J connectivity index is 1.36. The minimum Gasteiger partial charge on any atom is -0.368 e. The maximum atomic E-state index is 13.0. The number of pyridine rings is 3. The summed E-state index contributed by atoms with van der Waals surface area (Å²) in [6, 6.07) is 5.36. The first kappa shape index (κ1) is 25.5. The first-order valence-corrected chi connectivity index (χ1v) is 12.0. The molecule has 0 amide bonds. The molecule has 0 unspecified atom stereocenters. The van der Waals surface area contributed by atoms with Gasteiger partial charge < -0.3 is 9.80 Å². The number of hydrogen-bond acceptors (Lipinski definition) is 8. The third-order valence-electron chi connectivity index (χ3n) is 6.48. The molecule has 0 saturated carbocycles. The molecular weight excluding hydrogens is 497 g/mol. The van der Waals surface area contributed by atoms with E-state index < -0.39 is 17.5 Å². The summed E-state index contributed by atoms with van der Waals surface area (Å²) in [6.45, 7) is 5.60. The van der Waals surface area contributed by atoms with Gasteiger partial charge in [-0.25, -0.2) is 4.68 Å². The van der Waals surface area contributed by atoms with Crippen LogP contribution in [0.5, 0.6) is 0 Å². The van der Waals surface area contributed by atoms with Crippen LogP contribution in [-0.2, 0) is 12.6 Å². The van der Waals surface area contributed by atoms with Crippen molar-refractivity contribution in [2.45, 2.75) is 19.5 Å². The Morgan fingerprint density at radius 2 is 1.82 bits per heavy atom. The molecule has 12 heteroatoms. The van der Waals surface area contributed by atoms with Crippen LogP contribution in [0.4, 0.5) is 18.9 Å². The first-order valence-electron chi connectivity index (χ1n) is 12.0. The highest BCUT2D eigenvalue weighted by atomic mass is 19.4. The molecule has 0 N–H and O–H groups in total. The molecule has 196 valence electrons. The van der Waals surface area contributed by atoms with Gasteiger partial charge >= 0.3 is 6.18 Å². The lowest BCUT2D eigenvalue weighted by Crippen LogP contribution is -2.44. The predicted molar refractivity (Wildman–Crippen MR) is 134 cm³/mol. The zero-order valence-corrected chi connectivity index (χ0v) is 20.9. The number of ketones is 1. The molecule has 0 bridgehead atoms. The van der Waals surface area contributed by atoms with Gasteiger partial charge in [0.25, 0.3) is 0 Å². The number of halogens is 3. The van der Waals surface area contributed by atoms with Crippen LogP contribution >= 0.6 is 0 Å². The zero-order chi connectivity index (χ0) is 26.9. The van der Waals surface area contributed by atoms with E-state index in [1.54, 1.807) is 30.1 Å². The monoisotopic (exact) mass is 522 g/mol.